The molecule has 128 valence electrons. The minimum absolute atomic E-state index is 0.0160. The Labute approximate surface area is 140 Å². The molecular formula is C20H31NO2. The fourth-order valence-electron chi connectivity index (χ4n) is 7.29. The summed E-state index contributed by atoms with van der Waals surface area (Å²) >= 11 is 0. The van der Waals surface area contributed by atoms with Gasteiger partial charge in [0.15, 0.2) is 0 Å². The van der Waals surface area contributed by atoms with Crippen LogP contribution in [0.25, 0.3) is 0 Å². The SMILES string of the molecule is CC12CCC3C(CCC4C[C@](C)(N=O)CC[C@@]43C)C1CCC2=O. The number of fused-ring (bicyclic) bond motifs is 5. The molecule has 4 aliphatic carbocycles. The molecule has 3 nitrogen and oxygen atoms in total. The molecule has 0 N–H and O–H groups in total. The summed E-state index contributed by atoms with van der Waals surface area (Å²) in [5.41, 5.74) is 0.0293. The number of carbonyl (C=O) groups excluding carboxylic acids is 1. The zero-order valence-electron chi connectivity index (χ0n) is 14.9. The lowest BCUT2D eigenvalue weighted by Crippen LogP contribution is -2.55. The predicted octanol–water partition coefficient (Wildman–Crippen LogP) is 5.12. The van der Waals surface area contributed by atoms with E-state index in [0.717, 1.165) is 50.4 Å². The van der Waals surface area contributed by atoms with Crippen LogP contribution >= 0.6 is 0 Å². The molecule has 0 amide bonds. The first-order valence-electron chi connectivity index (χ1n) is 9.70. The Hall–Kier alpha value is -0.730. The highest BCUT2D eigenvalue weighted by Gasteiger charge is 2.61. The molecule has 0 heterocycles. The lowest BCUT2D eigenvalue weighted by atomic mass is 9.44. The van der Waals surface area contributed by atoms with Crippen LogP contribution in [-0.4, -0.2) is 11.3 Å². The molecule has 0 aromatic carbocycles. The number of hydrogen-bond donors (Lipinski definition) is 0. The van der Waals surface area contributed by atoms with Crippen LogP contribution in [0.1, 0.15) is 78.6 Å². The van der Waals surface area contributed by atoms with Gasteiger partial charge in [0.05, 0.1) is 0 Å². The monoisotopic (exact) mass is 317 g/mol. The van der Waals surface area contributed by atoms with Crippen LogP contribution in [0.15, 0.2) is 5.18 Å². The molecule has 0 aromatic rings. The van der Waals surface area contributed by atoms with E-state index in [4.69, 9.17) is 0 Å². The van der Waals surface area contributed by atoms with Crippen molar-refractivity contribution in [2.45, 2.75) is 84.1 Å². The fourth-order valence-corrected chi connectivity index (χ4v) is 7.29. The van der Waals surface area contributed by atoms with Gasteiger partial charge < -0.3 is 0 Å². The van der Waals surface area contributed by atoms with E-state index in [0.29, 0.717) is 23.0 Å². The van der Waals surface area contributed by atoms with Gasteiger partial charge in [-0.05, 0) is 87.4 Å². The minimum Gasteiger partial charge on any atom is -0.299 e. The number of nitrogens with zero attached hydrogens (tertiary/aromatic N) is 1. The number of carbonyl (C=O) groups is 1. The fraction of sp³-hybridized carbons (Fsp3) is 0.950. The molecule has 7 atom stereocenters. The van der Waals surface area contributed by atoms with Gasteiger partial charge in [-0.2, -0.15) is 4.91 Å². The van der Waals surface area contributed by atoms with Crippen molar-refractivity contribution >= 4 is 5.78 Å². The van der Waals surface area contributed by atoms with Crippen LogP contribution in [0, 0.1) is 39.4 Å². The van der Waals surface area contributed by atoms with Gasteiger partial charge in [0.25, 0.3) is 0 Å². The van der Waals surface area contributed by atoms with Crippen molar-refractivity contribution in [1.82, 2.24) is 0 Å². The summed E-state index contributed by atoms with van der Waals surface area (Å²) in [6.45, 7) is 6.81. The van der Waals surface area contributed by atoms with Gasteiger partial charge in [-0.3, -0.25) is 4.79 Å². The minimum atomic E-state index is -0.330. The van der Waals surface area contributed by atoms with Gasteiger partial charge in [-0.25, -0.2) is 0 Å². The molecule has 4 aliphatic rings. The quantitative estimate of drug-likeness (QED) is 0.630. The van der Waals surface area contributed by atoms with E-state index in [1.807, 2.05) is 0 Å². The first kappa shape index (κ1) is 15.8. The van der Waals surface area contributed by atoms with E-state index in [-0.39, 0.29) is 11.0 Å². The molecule has 0 spiro atoms. The molecule has 5 unspecified atom stereocenters. The van der Waals surface area contributed by atoms with Crippen molar-refractivity contribution < 1.29 is 4.79 Å². The number of Topliss-reactive ketones (excluding diaryl/α,β-unsaturated/α-hetero) is 1. The Morgan fingerprint density at radius 1 is 0.957 bits per heavy atom. The zero-order chi connectivity index (χ0) is 16.5. The maximum atomic E-state index is 12.4. The molecule has 23 heavy (non-hydrogen) atoms. The maximum absolute atomic E-state index is 12.4. The molecule has 0 saturated heterocycles. The first-order valence-corrected chi connectivity index (χ1v) is 9.70. The van der Waals surface area contributed by atoms with Crippen molar-refractivity contribution in [2.75, 3.05) is 0 Å². The third kappa shape index (κ3) is 2.04. The highest BCUT2D eigenvalue weighted by atomic mass is 16.3. The van der Waals surface area contributed by atoms with Crippen LogP contribution < -0.4 is 0 Å². The molecule has 0 aliphatic heterocycles. The van der Waals surface area contributed by atoms with E-state index in [1.165, 1.54) is 19.3 Å². The summed E-state index contributed by atoms with van der Waals surface area (Å²) in [6.07, 6.45) is 9.87. The third-order valence-electron chi connectivity index (χ3n) is 8.88. The number of hydrogen-bond acceptors (Lipinski definition) is 3. The Balaban J connectivity index is 1.62. The zero-order valence-corrected chi connectivity index (χ0v) is 14.9. The second-order valence-electron chi connectivity index (χ2n) is 9.87. The van der Waals surface area contributed by atoms with Crippen LogP contribution in [0.5, 0.6) is 0 Å². The van der Waals surface area contributed by atoms with Crippen LogP contribution in [0.2, 0.25) is 0 Å². The summed E-state index contributed by atoms with van der Waals surface area (Å²) in [6, 6.07) is 0. The molecule has 4 saturated carbocycles. The van der Waals surface area contributed by atoms with Crippen molar-refractivity contribution in [2.24, 2.45) is 39.7 Å². The van der Waals surface area contributed by atoms with Crippen molar-refractivity contribution in [3.05, 3.63) is 4.91 Å². The second kappa shape index (κ2) is 4.89. The van der Waals surface area contributed by atoms with Crippen molar-refractivity contribution in [3.63, 3.8) is 0 Å². The molecule has 0 aromatic heterocycles. The largest absolute Gasteiger partial charge is 0.299 e. The molecule has 0 radical (unpaired) electrons. The van der Waals surface area contributed by atoms with Gasteiger partial charge in [0, 0.05) is 11.8 Å². The van der Waals surface area contributed by atoms with Gasteiger partial charge in [-0.15, -0.1) is 0 Å². The maximum Gasteiger partial charge on any atom is 0.139 e. The van der Waals surface area contributed by atoms with Crippen molar-refractivity contribution in [3.8, 4) is 0 Å². The Kier molecular flexibility index (Phi) is 3.36. The van der Waals surface area contributed by atoms with Crippen LogP contribution in [-0.2, 0) is 4.79 Å². The van der Waals surface area contributed by atoms with Gasteiger partial charge in [0.2, 0.25) is 0 Å². The normalized spacial score (nSPS) is 55.7. The summed E-state index contributed by atoms with van der Waals surface area (Å²) in [7, 11) is 0. The number of nitroso groups, excluding NO2 is 1. The van der Waals surface area contributed by atoms with E-state index in [1.54, 1.807) is 0 Å². The summed E-state index contributed by atoms with van der Waals surface area (Å²) in [4.78, 5) is 23.7. The Bertz CT molecular complexity index is 546. The molecule has 4 rings (SSSR count). The van der Waals surface area contributed by atoms with Gasteiger partial charge in [0.1, 0.15) is 11.3 Å². The summed E-state index contributed by atoms with van der Waals surface area (Å²) < 4.78 is 0. The lowest BCUT2D eigenvalue weighted by molar-refractivity contribution is -0.140. The number of rotatable bonds is 1. The average molecular weight is 317 g/mol. The average Bonchev–Trinajstić information content (AvgIpc) is 2.84. The Morgan fingerprint density at radius 2 is 1.74 bits per heavy atom. The van der Waals surface area contributed by atoms with E-state index in [2.05, 4.69) is 25.9 Å². The van der Waals surface area contributed by atoms with Crippen molar-refractivity contribution in [1.29, 1.82) is 0 Å². The summed E-state index contributed by atoms with van der Waals surface area (Å²) in [5.74, 6) is 3.33. The molecule has 3 heteroatoms. The van der Waals surface area contributed by atoms with E-state index in [9.17, 15) is 9.70 Å². The second-order valence-corrected chi connectivity index (χ2v) is 9.87. The highest BCUT2D eigenvalue weighted by molar-refractivity contribution is 5.87. The lowest BCUT2D eigenvalue weighted by Gasteiger charge is -2.60. The number of ketones is 1. The van der Waals surface area contributed by atoms with Gasteiger partial charge in [-0.1, -0.05) is 19.0 Å². The first-order chi connectivity index (χ1) is 10.8. The molecule has 4 fully saturated rings. The van der Waals surface area contributed by atoms with Crippen LogP contribution in [0.3, 0.4) is 0 Å². The third-order valence-corrected chi connectivity index (χ3v) is 8.88. The van der Waals surface area contributed by atoms with E-state index >= 15 is 0 Å². The predicted molar refractivity (Wildman–Crippen MR) is 90.9 cm³/mol. The van der Waals surface area contributed by atoms with Gasteiger partial charge >= 0.3 is 0 Å². The van der Waals surface area contributed by atoms with E-state index < -0.39 is 0 Å². The highest BCUT2D eigenvalue weighted by Crippen LogP contribution is 2.66. The smallest absolute Gasteiger partial charge is 0.139 e. The van der Waals surface area contributed by atoms with Crippen LogP contribution in [0.4, 0.5) is 0 Å². The Morgan fingerprint density at radius 3 is 2.48 bits per heavy atom. The molecular weight excluding hydrogens is 286 g/mol. The topological polar surface area (TPSA) is 46.5 Å². The standard InChI is InChI=1S/C20H31NO2/c1-18(21-23)10-11-19(2)13(12-18)4-5-14-15-6-7-17(22)20(15,3)9-8-16(14)19/h13-16H,4-12H2,1-3H3/t13?,14?,15?,16?,18-,19+,20?/m1/s1. The molecule has 0 bridgehead atoms. The summed E-state index contributed by atoms with van der Waals surface area (Å²) in [5, 5.41) is 3.49.